The highest BCUT2D eigenvalue weighted by atomic mass is 16.5. The molecule has 0 aliphatic heterocycles. The highest BCUT2D eigenvalue weighted by Crippen LogP contribution is 2.24. The summed E-state index contributed by atoms with van der Waals surface area (Å²) < 4.78 is 11.0. The Kier molecular flexibility index (Phi) is 6.20. The van der Waals surface area contributed by atoms with Gasteiger partial charge in [0.05, 0.1) is 0 Å². The van der Waals surface area contributed by atoms with E-state index in [1.165, 1.54) is 6.92 Å². The van der Waals surface area contributed by atoms with E-state index in [4.69, 9.17) is 9.15 Å². The number of fused-ring (bicyclic) bond motifs is 1. The second kappa shape index (κ2) is 8.82. The van der Waals surface area contributed by atoms with E-state index in [2.05, 4.69) is 5.32 Å². The Balaban J connectivity index is 1.72. The molecular weight excluding hydrogens is 386 g/mol. The summed E-state index contributed by atoms with van der Waals surface area (Å²) in [6.45, 7) is 5.06. The summed E-state index contributed by atoms with van der Waals surface area (Å²) >= 11 is 0. The summed E-state index contributed by atoms with van der Waals surface area (Å²) in [5, 5.41) is 12.7. The number of carboxylic acids is 1. The first-order valence-corrected chi connectivity index (χ1v) is 9.54. The zero-order chi connectivity index (χ0) is 21.8. The molecule has 0 aliphatic rings. The summed E-state index contributed by atoms with van der Waals surface area (Å²) in [4.78, 5) is 36.0. The monoisotopic (exact) mass is 409 g/mol. The van der Waals surface area contributed by atoms with E-state index in [1.54, 1.807) is 37.3 Å². The van der Waals surface area contributed by atoms with Crippen LogP contribution < -0.4 is 15.7 Å². The number of amides is 1. The molecule has 0 unspecified atom stereocenters. The number of carbonyl (C=O) groups excluding carboxylic acids is 1. The summed E-state index contributed by atoms with van der Waals surface area (Å²) in [6.07, 6.45) is -0.785. The molecule has 1 aromatic heterocycles. The van der Waals surface area contributed by atoms with Gasteiger partial charge in [-0.3, -0.25) is 4.79 Å². The lowest BCUT2D eigenvalue weighted by Gasteiger charge is -2.19. The quantitative estimate of drug-likeness (QED) is 0.581. The van der Waals surface area contributed by atoms with Crippen LogP contribution in [0.5, 0.6) is 5.75 Å². The molecule has 2 N–H and O–H groups in total. The highest BCUT2D eigenvalue weighted by molar-refractivity contribution is 5.87. The molecule has 1 amide bonds. The van der Waals surface area contributed by atoms with Gasteiger partial charge in [-0.25, -0.2) is 9.59 Å². The number of aryl methyl sites for hydroxylation is 1. The van der Waals surface area contributed by atoms with Crippen molar-refractivity contribution >= 4 is 22.8 Å². The zero-order valence-corrected chi connectivity index (χ0v) is 17.0. The first-order chi connectivity index (χ1) is 14.3. The van der Waals surface area contributed by atoms with Crippen LogP contribution in [-0.2, 0) is 16.0 Å². The van der Waals surface area contributed by atoms with Crippen LogP contribution in [0, 0.1) is 13.8 Å². The number of carbonyl (C=O) groups is 2. The van der Waals surface area contributed by atoms with E-state index < -0.39 is 29.6 Å². The van der Waals surface area contributed by atoms with E-state index in [0.29, 0.717) is 16.9 Å². The van der Waals surface area contributed by atoms with E-state index in [9.17, 15) is 19.5 Å². The first-order valence-electron chi connectivity index (χ1n) is 9.54. The molecule has 0 saturated carbocycles. The van der Waals surface area contributed by atoms with Crippen molar-refractivity contribution in [3.63, 3.8) is 0 Å². The van der Waals surface area contributed by atoms with Gasteiger partial charge in [0.2, 0.25) is 0 Å². The zero-order valence-electron chi connectivity index (χ0n) is 17.0. The SMILES string of the molecule is Cc1c(C)c2ccc(O[C@H](C)C(=O)N[C@@H](Cc3ccccc3)C(=O)O)cc2oc1=O. The van der Waals surface area contributed by atoms with E-state index >= 15 is 0 Å². The lowest BCUT2D eigenvalue weighted by Crippen LogP contribution is -2.47. The predicted octanol–water partition coefficient (Wildman–Crippen LogP) is 2.99. The van der Waals surface area contributed by atoms with E-state index in [-0.39, 0.29) is 6.42 Å². The minimum Gasteiger partial charge on any atom is -0.481 e. The average molecular weight is 409 g/mol. The average Bonchev–Trinajstić information content (AvgIpc) is 2.72. The van der Waals surface area contributed by atoms with Crippen LogP contribution in [-0.4, -0.2) is 29.1 Å². The maximum Gasteiger partial charge on any atom is 0.339 e. The molecule has 1 heterocycles. The Morgan fingerprint density at radius 3 is 2.47 bits per heavy atom. The van der Waals surface area contributed by atoms with Crippen molar-refractivity contribution in [2.45, 2.75) is 39.3 Å². The highest BCUT2D eigenvalue weighted by Gasteiger charge is 2.24. The lowest BCUT2D eigenvalue weighted by atomic mass is 10.1. The Labute approximate surface area is 173 Å². The van der Waals surface area contributed by atoms with Crippen molar-refractivity contribution in [2.75, 3.05) is 0 Å². The Hall–Kier alpha value is -3.61. The van der Waals surface area contributed by atoms with Gasteiger partial charge in [0, 0.05) is 23.4 Å². The van der Waals surface area contributed by atoms with Gasteiger partial charge >= 0.3 is 11.6 Å². The van der Waals surface area contributed by atoms with Crippen molar-refractivity contribution in [1.82, 2.24) is 5.32 Å². The van der Waals surface area contributed by atoms with Crippen molar-refractivity contribution in [3.05, 3.63) is 75.6 Å². The third kappa shape index (κ3) is 4.68. The van der Waals surface area contributed by atoms with Gasteiger partial charge in [0.25, 0.3) is 5.91 Å². The topological polar surface area (TPSA) is 106 Å². The molecule has 30 heavy (non-hydrogen) atoms. The Morgan fingerprint density at radius 1 is 1.10 bits per heavy atom. The molecule has 0 radical (unpaired) electrons. The third-order valence-electron chi connectivity index (χ3n) is 5.01. The molecule has 0 bridgehead atoms. The first kappa shape index (κ1) is 21.1. The number of nitrogens with one attached hydrogen (secondary N) is 1. The molecule has 0 aliphatic carbocycles. The normalized spacial score (nSPS) is 12.9. The molecule has 2 aromatic carbocycles. The largest absolute Gasteiger partial charge is 0.481 e. The van der Waals surface area contributed by atoms with E-state index in [0.717, 1.165) is 16.5 Å². The van der Waals surface area contributed by atoms with Crippen LogP contribution in [0.3, 0.4) is 0 Å². The van der Waals surface area contributed by atoms with Crippen LogP contribution in [0.25, 0.3) is 11.0 Å². The second-order valence-electron chi connectivity index (χ2n) is 7.15. The van der Waals surface area contributed by atoms with Gasteiger partial charge in [0.1, 0.15) is 17.4 Å². The molecule has 3 rings (SSSR count). The van der Waals surface area contributed by atoms with Crippen LogP contribution >= 0.6 is 0 Å². The molecule has 3 aromatic rings. The summed E-state index contributed by atoms with van der Waals surface area (Å²) in [5.74, 6) is -1.34. The molecule has 7 nitrogen and oxygen atoms in total. The van der Waals surface area contributed by atoms with Crippen LogP contribution in [0.15, 0.2) is 57.7 Å². The number of hydrogen-bond acceptors (Lipinski definition) is 5. The van der Waals surface area contributed by atoms with E-state index in [1.807, 2.05) is 25.1 Å². The minimum absolute atomic E-state index is 0.161. The molecule has 0 fully saturated rings. The number of hydrogen-bond donors (Lipinski definition) is 2. The number of ether oxygens (including phenoxy) is 1. The summed E-state index contributed by atoms with van der Waals surface area (Å²) in [5.41, 5.74) is 2.11. The Morgan fingerprint density at radius 2 is 1.80 bits per heavy atom. The van der Waals surface area contributed by atoms with Gasteiger partial charge in [-0.2, -0.15) is 0 Å². The van der Waals surface area contributed by atoms with Crippen molar-refractivity contribution in [1.29, 1.82) is 0 Å². The maximum absolute atomic E-state index is 12.5. The molecule has 2 atom stereocenters. The Bertz CT molecular complexity index is 1140. The van der Waals surface area contributed by atoms with Crippen molar-refractivity contribution < 1.29 is 23.8 Å². The van der Waals surface area contributed by atoms with Gasteiger partial charge in [-0.1, -0.05) is 30.3 Å². The van der Waals surface area contributed by atoms with Gasteiger partial charge in [-0.15, -0.1) is 0 Å². The number of rotatable bonds is 7. The predicted molar refractivity (Wildman–Crippen MR) is 112 cm³/mol. The van der Waals surface area contributed by atoms with Crippen molar-refractivity contribution in [3.8, 4) is 5.75 Å². The minimum atomic E-state index is -1.13. The van der Waals surface area contributed by atoms with Crippen LogP contribution in [0.1, 0.15) is 23.6 Å². The second-order valence-corrected chi connectivity index (χ2v) is 7.15. The number of carboxylic acid groups (broad SMARTS) is 1. The smallest absolute Gasteiger partial charge is 0.339 e. The molecular formula is C23H23NO6. The fraction of sp³-hybridized carbons (Fsp3) is 0.261. The van der Waals surface area contributed by atoms with Crippen LogP contribution in [0.4, 0.5) is 0 Å². The third-order valence-corrected chi connectivity index (χ3v) is 5.01. The molecule has 0 spiro atoms. The van der Waals surface area contributed by atoms with Crippen molar-refractivity contribution in [2.24, 2.45) is 0 Å². The molecule has 0 saturated heterocycles. The molecule has 156 valence electrons. The number of aliphatic carboxylic acids is 1. The van der Waals surface area contributed by atoms with Crippen LogP contribution in [0.2, 0.25) is 0 Å². The maximum atomic E-state index is 12.5. The fourth-order valence-electron chi connectivity index (χ4n) is 3.10. The molecule has 7 heteroatoms. The number of benzene rings is 2. The standard InChI is InChI=1S/C23H23NO6/c1-13-14(2)23(28)30-20-12-17(9-10-18(13)20)29-15(3)21(25)24-19(22(26)27)11-16-7-5-4-6-8-16/h4-10,12,15,19H,11H2,1-3H3,(H,24,25)(H,26,27)/t15-,19+/m1/s1. The summed E-state index contributed by atoms with van der Waals surface area (Å²) in [6, 6.07) is 13.0. The fourth-order valence-corrected chi connectivity index (χ4v) is 3.10. The summed E-state index contributed by atoms with van der Waals surface area (Å²) in [7, 11) is 0. The van der Waals surface area contributed by atoms with Gasteiger partial charge < -0.3 is 19.6 Å². The van der Waals surface area contributed by atoms with Gasteiger partial charge in [0.15, 0.2) is 6.10 Å². The lowest BCUT2D eigenvalue weighted by molar-refractivity contribution is -0.142. The van der Waals surface area contributed by atoms with Gasteiger partial charge in [-0.05, 0) is 44.0 Å².